The van der Waals surface area contributed by atoms with Crippen LogP contribution in [0.25, 0.3) is 0 Å². The summed E-state index contributed by atoms with van der Waals surface area (Å²) in [7, 11) is 0. The van der Waals surface area contributed by atoms with Crippen molar-refractivity contribution >= 4 is 11.5 Å². The molecule has 5 heteroatoms. The average molecular weight is 284 g/mol. The lowest BCUT2D eigenvalue weighted by molar-refractivity contribution is -0.122. The minimum Gasteiger partial charge on any atom is -0.303 e. The number of ketones is 1. The molecule has 4 fully saturated rings. The number of fused-ring (bicyclic) bond motifs is 5. The summed E-state index contributed by atoms with van der Waals surface area (Å²) in [6, 6.07) is 0. The highest BCUT2D eigenvalue weighted by Crippen LogP contribution is 2.50. The first kappa shape index (κ1) is 12.2. The van der Waals surface area contributed by atoms with Crippen LogP contribution < -0.4 is 0 Å². The fourth-order valence-electron chi connectivity index (χ4n) is 4.91. The molecule has 0 aromatic rings. The molecule has 0 radical (unpaired) electrons. The third kappa shape index (κ3) is 1.61. The molecular formula is C16H20N4O. The smallest absolute Gasteiger partial charge is 0.269 e. The lowest BCUT2D eigenvalue weighted by Crippen LogP contribution is -2.53. The maximum Gasteiger partial charge on any atom is 0.269 e. The van der Waals surface area contributed by atoms with Crippen molar-refractivity contribution in [2.75, 3.05) is 26.2 Å². The number of Topliss-reactive ketones (excluding diaryl/α,β-unsaturated/α-hetero) is 1. The van der Waals surface area contributed by atoms with Gasteiger partial charge in [-0.25, -0.2) is 0 Å². The molecule has 110 valence electrons. The van der Waals surface area contributed by atoms with Gasteiger partial charge in [-0.2, -0.15) is 0 Å². The van der Waals surface area contributed by atoms with Gasteiger partial charge in [0, 0.05) is 30.5 Å². The van der Waals surface area contributed by atoms with Gasteiger partial charge in [0.05, 0.1) is 6.54 Å². The predicted molar refractivity (Wildman–Crippen MR) is 78.4 cm³/mol. The van der Waals surface area contributed by atoms with Gasteiger partial charge in [-0.3, -0.25) is 9.79 Å². The van der Waals surface area contributed by atoms with Crippen molar-refractivity contribution in [3.05, 3.63) is 11.6 Å². The Bertz CT molecular complexity index is 591. The maximum absolute atomic E-state index is 12.2. The Morgan fingerprint density at radius 2 is 2.00 bits per heavy atom. The SMILES string of the molecule is O=C1CCC2C(=CCN=C2C2CN3CCC2CC3)C12N=N2. The molecule has 0 aromatic heterocycles. The highest BCUT2D eigenvalue weighted by atomic mass is 16.1. The number of aliphatic imine (C=N–C) groups is 1. The second kappa shape index (κ2) is 4.09. The van der Waals surface area contributed by atoms with E-state index in [1.54, 1.807) is 0 Å². The van der Waals surface area contributed by atoms with Crippen LogP contribution in [0.2, 0.25) is 0 Å². The van der Waals surface area contributed by atoms with Crippen molar-refractivity contribution in [1.29, 1.82) is 0 Å². The van der Waals surface area contributed by atoms with Crippen LogP contribution >= 0.6 is 0 Å². The molecule has 1 spiro atoms. The first-order valence-electron chi connectivity index (χ1n) is 8.22. The Hall–Kier alpha value is -1.36. The zero-order valence-electron chi connectivity index (χ0n) is 12.2. The molecule has 6 aliphatic rings. The molecule has 0 amide bonds. The van der Waals surface area contributed by atoms with Gasteiger partial charge in [0.25, 0.3) is 5.66 Å². The van der Waals surface area contributed by atoms with Gasteiger partial charge >= 0.3 is 0 Å². The fraction of sp³-hybridized carbons (Fsp3) is 0.750. The predicted octanol–water partition coefficient (Wildman–Crippen LogP) is 1.85. The highest BCUT2D eigenvalue weighted by Gasteiger charge is 2.58. The Labute approximate surface area is 124 Å². The number of nitrogens with zero attached hydrogens (tertiary/aromatic N) is 4. The molecule has 5 aliphatic heterocycles. The van der Waals surface area contributed by atoms with Crippen molar-refractivity contribution in [2.24, 2.45) is 33.0 Å². The topological polar surface area (TPSA) is 57.4 Å². The van der Waals surface area contributed by atoms with Crippen LogP contribution in [-0.2, 0) is 4.79 Å². The second-order valence-corrected chi connectivity index (χ2v) is 7.06. The van der Waals surface area contributed by atoms with Crippen LogP contribution in [0.4, 0.5) is 0 Å². The quantitative estimate of drug-likeness (QED) is 0.690. The van der Waals surface area contributed by atoms with E-state index in [0.717, 1.165) is 17.9 Å². The van der Waals surface area contributed by atoms with Crippen molar-refractivity contribution in [1.82, 2.24) is 4.90 Å². The second-order valence-electron chi connectivity index (χ2n) is 7.06. The molecule has 21 heavy (non-hydrogen) atoms. The molecule has 5 nitrogen and oxygen atoms in total. The lowest BCUT2D eigenvalue weighted by atomic mass is 9.67. The summed E-state index contributed by atoms with van der Waals surface area (Å²) in [5.74, 6) is 1.93. The fourth-order valence-corrected chi connectivity index (χ4v) is 4.91. The van der Waals surface area contributed by atoms with Gasteiger partial charge in [-0.05, 0) is 43.8 Å². The Morgan fingerprint density at radius 3 is 2.67 bits per heavy atom. The van der Waals surface area contributed by atoms with Crippen LogP contribution in [0.5, 0.6) is 0 Å². The van der Waals surface area contributed by atoms with Crippen LogP contribution in [-0.4, -0.2) is 48.2 Å². The summed E-state index contributed by atoms with van der Waals surface area (Å²) in [4.78, 5) is 19.6. The molecule has 0 N–H and O–H groups in total. The van der Waals surface area contributed by atoms with E-state index in [-0.39, 0.29) is 5.78 Å². The van der Waals surface area contributed by atoms with Crippen LogP contribution in [0, 0.1) is 17.8 Å². The van der Waals surface area contributed by atoms with E-state index >= 15 is 0 Å². The minimum atomic E-state index is -0.766. The number of hydrogen-bond donors (Lipinski definition) is 0. The molecule has 2 bridgehead atoms. The summed E-state index contributed by atoms with van der Waals surface area (Å²) < 4.78 is 0. The Balaban J connectivity index is 1.46. The van der Waals surface area contributed by atoms with E-state index in [4.69, 9.17) is 4.99 Å². The summed E-state index contributed by atoms with van der Waals surface area (Å²) in [6.07, 6.45) is 6.27. The molecule has 5 heterocycles. The van der Waals surface area contributed by atoms with E-state index in [2.05, 4.69) is 21.2 Å². The summed E-state index contributed by atoms with van der Waals surface area (Å²) in [5, 5.41) is 8.26. The molecule has 6 rings (SSSR count). The van der Waals surface area contributed by atoms with Crippen LogP contribution in [0.15, 0.2) is 26.9 Å². The lowest BCUT2D eigenvalue weighted by Gasteiger charge is -2.47. The molecule has 3 saturated heterocycles. The van der Waals surface area contributed by atoms with E-state index in [1.165, 1.54) is 38.2 Å². The van der Waals surface area contributed by atoms with Crippen LogP contribution in [0.1, 0.15) is 25.7 Å². The average Bonchev–Trinajstić information content (AvgIpc) is 3.34. The minimum absolute atomic E-state index is 0.195. The van der Waals surface area contributed by atoms with Crippen molar-refractivity contribution in [3.8, 4) is 0 Å². The third-order valence-corrected chi connectivity index (χ3v) is 6.10. The van der Waals surface area contributed by atoms with E-state index < -0.39 is 5.66 Å². The number of rotatable bonds is 1. The molecule has 2 unspecified atom stereocenters. The third-order valence-electron chi connectivity index (χ3n) is 6.10. The number of hydrogen-bond acceptors (Lipinski definition) is 5. The number of carbonyl (C=O) groups excluding carboxylic acids is 1. The van der Waals surface area contributed by atoms with E-state index in [0.29, 0.717) is 24.8 Å². The Morgan fingerprint density at radius 1 is 1.19 bits per heavy atom. The first-order chi connectivity index (χ1) is 10.3. The molecule has 1 saturated carbocycles. The van der Waals surface area contributed by atoms with Crippen LogP contribution in [0.3, 0.4) is 0 Å². The number of dihydropyridines is 1. The summed E-state index contributed by atoms with van der Waals surface area (Å²) in [6.45, 7) is 4.40. The largest absolute Gasteiger partial charge is 0.303 e. The standard InChI is InChI=1S/C16H20N4O/c21-14-2-1-11-13(16(14)18-19-16)3-6-17-15(11)12-9-20-7-4-10(12)5-8-20/h3,10-12H,1-2,4-9H2. The van der Waals surface area contributed by atoms with Crippen molar-refractivity contribution < 1.29 is 4.79 Å². The van der Waals surface area contributed by atoms with Crippen molar-refractivity contribution in [3.63, 3.8) is 0 Å². The van der Waals surface area contributed by atoms with Gasteiger partial charge in [0.2, 0.25) is 0 Å². The van der Waals surface area contributed by atoms with E-state index in [9.17, 15) is 4.79 Å². The van der Waals surface area contributed by atoms with Gasteiger partial charge in [-0.15, -0.1) is 10.2 Å². The molecule has 1 aliphatic carbocycles. The maximum atomic E-state index is 12.2. The normalized spacial score (nSPS) is 42.6. The number of piperidine rings is 3. The van der Waals surface area contributed by atoms with Crippen molar-refractivity contribution in [2.45, 2.75) is 31.3 Å². The Kier molecular flexibility index (Phi) is 2.38. The molecule has 2 atom stereocenters. The zero-order valence-corrected chi connectivity index (χ0v) is 12.2. The van der Waals surface area contributed by atoms with Gasteiger partial charge < -0.3 is 4.90 Å². The van der Waals surface area contributed by atoms with Gasteiger partial charge in [-0.1, -0.05) is 6.08 Å². The van der Waals surface area contributed by atoms with Gasteiger partial charge in [0.15, 0.2) is 5.78 Å². The molecular weight excluding hydrogens is 264 g/mol. The van der Waals surface area contributed by atoms with Gasteiger partial charge in [0.1, 0.15) is 0 Å². The summed E-state index contributed by atoms with van der Waals surface area (Å²) in [5.41, 5.74) is 1.75. The number of carbonyl (C=O) groups is 1. The van der Waals surface area contributed by atoms with E-state index in [1.807, 2.05) is 0 Å². The molecule has 0 aromatic carbocycles. The monoisotopic (exact) mass is 284 g/mol. The highest BCUT2D eigenvalue weighted by molar-refractivity contribution is 6.01. The summed E-state index contributed by atoms with van der Waals surface area (Å²) >= 11 is 0. The first-order valence-corrected chi connectivity index (χ1v) is 8.22. The zero-order chi connectivity index (χ0) is 14.0.